The summed E-state index contributed by atoms with van der Waals surface area (Å²) in [7, 11) is 0. The second-order valence-electron chi connectivity index (χ2n) is 5.46. The predicted octanol–water partition coefficient (Wildman–Crippen LogP) is 4.05. The van der Waals surface area contributed by atoms with Gasteiger partial charge < -0.3 is 9.73 Å². The van der Waals surface area contributed by atoms with E-state index in [9.17, 15) is 5.26 Å². The smallest absolute Gasteiger partial charge is 0.122 e. The Bertz CT molecular complexity index is 657. The molecule has 2 heterocycles. The van der Waals surface area contributed by atoms with E-state index in [1.54, 1.807) is 18.4 Å². The first-order valence-corrected chi connectivity index (χ1v) is 7.86. The van der Waals surface area contributed by atoms with Crippen molar-refractivity contribution in [2.24, 2.45) is 0 Å². The van der Waals surface area contributed by atoms with Crippen molar-refractivity contribution in [3.05, 3.63) is 52.9 Å². The van der Waals surface area contributed by atoms with Gasteiger partial charge in [0, 0.05) is 11.6 Å². The number of anilines is 1. The van der Waals surface area contributed by atoms with Gasteiger partial charge in [0.05, 0.1) is 23.6 Å². The van der Waals surface area contributed by atoms with Gasteiger partial charge in [0.15, 0.2) is 0 Å². The molecule has 1 saturated heterocycles. The molecule has 1 aromatic heterocycles. The van der Waals surface area contributed by atoms with Crippen molar-refractivity contribution in [1.82, 2.24) is 4.90 Å². The summed E-state index contributed by atoms with van der Waals surface area (Å²) in [5.74, 6) is 0.960. The highest BCUT2D eigenvalue weighted by Gasteiger charge is 2.25. The van der Waals surface area contributed by atoms with Gasteiger partial charge in [0.25, 0.3) is 0 Å². The molecule has 4 nitrogen and oxygen atoms in total. The molecule has 3 rings (SSSR count). The highest BCUT2D eigenvalue weighted by molar-refractivity contribution is 6.30. The summed E-state index contributed by atoms with van der Waals surface area (Å²) in [5.41, 5.74) is 1.37. The molecule has 1 aliphatic rings. The van der Waals surface area contributed by atoms with E-state index >= 15 is 0 Å². The number of nitriles is 1. The molecule has 0 bridgehead atoms. The first-order valence-electron chi connectivity index (χ1n) is 7.49. The van der Waals surface area contributed by atoms with Gasteiger partial charge in [-0.1, -0.05) is 11.6 Å². The monoisotopic (exact) mass is 315 g/mol. The number of nitrogens with zero attached hydrogens (tertiary/aromatic N) is 2. The first kappa shape index (κ1) is 15.0. The van der Waals surface area contributed by atoms with Gasteiger partial charge in [-0.3, -0.25) is 4.90 Å². The Morgan fingerprint density at radius 3 is 2.82 bits per heavy atom. The lowest BCUT2D eigenvalue weighted by atomic mass is 10.1. The van der Waals surface area contributed by atoms with Crippen LogP contribution in [0.3, 0.4) is 0 Å². The van der Waals surface area contributed by atoms with Crippen LogP contribution in [-0.4, -0.2) is 24.5 Å². The Hall–Kier alpha value is -1.96. The quantitative estimate of drug-likeness (QED) is 0.904. The third kappa shape index (κ3) is 3.27. The molecule has 1 N–H and O–H groups in total. The molecule has 2 aromatic rings. The number of hydrogen-bond donors (Lipinski definition) is 1. The third-order valence-corrected chi connectivity index (χ3v) is 4.28. The SMILES string of the molecule is N#Cc1cc(Cl)ccc1NCC(c1ccco1)N1CCCC1. The highest BCUT2D eigenvalue weighted by atomic mass is 35.5. The number of halogens is 1. The predicted molar refractivity (Wildman–Crippen MR) is 86.9 cm³/mol. The van der Waals surface area contributed by atoms with Crippen LogP contribution in [0.1, 0.15) is 30.2 Å². The molecule has 1 aromatic carbocycles. The number of hydrogen-bond acceptors (Lipinski definition) is 4. The zero-order valence-corrected chi connectivity index (χ0v) is 13.0. The average molecular weight is 316 g/mol. The van der Waals surface area contributed by atoms with Gasteiger partial charge >= 0.3 is 0 Å². The summed E-state index contributed by atoms with van der Waals surface area (Å²) >= 11 is 5.94. The maximum absolute atomic E-state index is 9.23. The molecule has 0 saturated carbocycles. The second kappa shape index (κ2) is 6.87. The third-order valence-electron chi connectivity index (χ3n) is 4.04. The molecule has 22 heavy (non-hydrogen) atoms. The van der Waals surface area contributed by atoms with E-state index < -0.39 is 0 Å². The van der Waals surface area contributed by atoms with Gasteiger partial charge in [-0.25, -0.2) is 0 Å². The number of furan rings is 1. The van der Waals surface area contributed by atoms with E-state index in [1.165, 1.54) is 12.8 Å². The maximum Gasteiger partial charge on any atom is 0.122 e. The van der Waals surface area contributed by atoms with Crippen LogP contribution < -0.4 is 5.32 Å². The van der Waals surface area contributed by atoms with Crippen LogP contribution in [0.15, 0.2) is 41.0 Å². The molecule has 0 radical (unpaired) electrons. The van der Waals surface area contributed by atoms with E-state index in [0.29, 0.717) is 17.1 Å². The molecule has 1 aliphatic heterocycles. The molecule has 1 atom stereocenters. The van der Waals surface area contributed by atoms with E-state index in [0.717, 1.165) is 24.5 Å². The summed E-state index contributed by atoms with van der Waals surface area (Å²) in [6.45, 7) is 2.86. The molecule has 1 fully saturated rings. The molecule has 114 valence electrons. The Balaban J connectivity index is 1.76. The fourth-order valence-corrected chi connectivity index (χ4v) is 3.09. The van der Waals surface area contributed by atoms with Crippen LogP contribution in [0.4, 0.5) is 5.69 Å². The molecular weight excluding hydrogens is 298 g/mol. The van der Waals surface area contributed by atoms with Gasteiger partial charge in [0.2, 0.25) is 0 Å². The van der Waals surface area contributed by atoms with Crippen molar-refractivity contribution >= 4 is 17.3 Å². The van der Waals surface area contributed by atoms with Crippen molar-refractivity contribution in [3.63, 3.8) is 0 Å². The lowest BCUT2D eigenvalue weighted by Gasteiger charge is -2.26. The number of nitrogens with one attached hydrogen (secondary N) is 1. The average Bonchev–Trinajstić information content (AvgIpc) is 3.22. The summed E-state index contributed by atoms with van der Waals surface area (Å²) in [6, 6.07) is 11.6. The minimum atomic E-state index is 0.180. The Labute approximate surface area is 135 Å². The summed E-state index contributed by atoms with van der Waals surface area (Å²) < 4.78 is 5.60. The van der Waals surface area contributed by atoms with Crippen LogP contribution in [0.25, 0.3) is 0 Å². The largest absolute Gasteiger partial charge is 0.468 e. The van der Waals surface area contributed by atoms with Crippen molar-refractivity contribution in [3.8, 4) is 6.07 Å². The Kier molecular flexibility index (Phi) is 4.67. The van der Waals surface area contributed by atoms with Crippen LogP contribution >= 0.6 is 11.6 Å². The standard InChI is InChI=1S/C17H18ClN3O/c18-14-5-6-15(13(10-14)11-19)20-12-16(17-4-3-9-22-17)21-7-1-2-8-21/h3-6,9-10,16,20H,1-2,7-8,12H2. The molecule has 0 spiro atoms. The van der Waals surface area contributed by atoms with Crippen LogP contribution in [-0.2, 0) is 0 Å². The van der Waals surface area contributed by atoms with Gasteiger partial charge in [-0.2, -0.15) is 5.26 Å². The van der Waals surface area contributed by atoms with Gasteiger partial charge in [-0.15, -0.1) is 0 Å². The molecular formula is C17H18ClN3O. The number of likely N-dealkylation sites (tertiary alicyclic amines) is 1. The van der Waals surface area contributed by atoms with Crippen LogP contribution in [0.2, 0.25) is 5.02 Å². The van der Waals surface area contributed by atoms with Crippen LogP contribution in [0, 0.1) is 11.3 Å². The summed E-state index contributed by atoms with van der Waals surface area (Å²) in [6.07, 6.45) is 4.16. The zero-order chi connectivity index (χ0) is 15.4. The fourth-order valence-electron chi connectivity index (χ4n) is 2.91. The number of rotatable bonds is 5. The van der Waals surface area contributed by atoms with E-state index in [2.05, 4.69) is 16.3 Å². The second-order valence-corrected chi connectivity index (χ2v) is 5.89. The van der Waals surface area contributed by atoms with Gasteiger partial charge in [-0.05, 0) is 56.3 Å². The topological polar surface area (TPSA) is 52.2 Å². The minimum Gasteiger partial charge on any atom is -0.468 e. The molecule has 5 heteroatoms. The minimum absolute atomic E-state index is 0.180. The van der Waals surface area contributed by atoms with Crippen molar-refractivity contribution in [2.75, 3.05) is 25.0 Å². The van der Waals surface area contributed by atoms with Gasteiger partial charge in [0.1, 0.15) is 11.8 Å². The highest BCUT2D eigenvalue weighted by Crippen LogP contribution is 2.27. The lowest BCUT2D eigenvalue weighted by Crippen LogP contribution is -2.30. The van der Waals surface area contributed by atoms with E-state index in [1.807, 2.05) is 18.2 Å². The normalized spacial score (nSPS) is 16.4. The van der Waals surface area contributed by atoms with Crippen LogP contribution in [0.5, 0.6) is 0 Å². The number of benzene rings is 1. The first-order chi connectivity index (χ1) is 10.8. The fraction of sp³-hybridized carbons (Fsp3) is 0.353. The zero-order valence-electron chi connectivity index (χ0n) is 12.3. The Morgan fingerprint density at radius 1 is 1.32 bits per heavy atom. The van der Waals surface area contributed by atoms with Crippen molar-refractivity contribution in [1.29, 1.82) is 5.26 Å². The van der Waals surface area contributed by atoms with E-state index in [-0.39, 0.29) is 6.04 Å². The van der Waals surface area contributed by atoms with E-state index in [4.69, 9.17) is 16.0 Å². The lowest BCUT2D eigenvalue weighted by molar-refractivity contribution is 0.225. The van der Waals surface area contributed by atoms with Crippen molar-refractivity contribution < 1.29 is 4.42 Å². The molecule has 1 unspecified atom stereocenters. The molecule has 0 aliphatic carbocycles. The maximum atomic E-state index is 9.23. The summed E-state index contributed by atoms with van der Waals surface area (Å²) in [4.78, 5) is 2.42. The Morgan fingerprint density at radius 2 is 2.14 bits per heavy atom. The summed E-state index contributed by atoms with van der Waals surface area (Å²) in [5, 5.41) is 13.2. The molecule has 0 amide bonds. The van der Waals surface area contributed by atoms with Crippen molar-refractivity contribution in [2.45, 2.75) is 18.9 Å².